The van der Waals surface area contributed by atoms with E-state index in [4.69, 9.17) is 10.00 Å². The highest BCUT2D eigenvalue weighted by Crippen LogP contribution is 2.33. The first-order valence-electron chi connectivity index (χ1n) is 6.48. The summed E-state index contributed by atoms with van der Waals surface area (Å²) >= 11 is 0. The van der Waals surface area contributed by atoms with Gasteiger partial charge >= 0.3 is 12.3 Å². The van der Waals surface area contributed by atoms with Crippen molar-refractivity contribution >= 4 is 5.97 Å². The number of carbonyl (C=O) groups excluding carboxylic acids is 1. The Morgan fingerprint density at radius 3 is 2.36 bits per heavy atom. The van der Waals surface area contributed by atoms with Crippen molar-refractivity contribution in [2.75, 3.05) is 0 Å². The van der Waals surface area contributed by atoms with Gasteiger partial charge in [0.25, 0.3) is 0 Å². The van der Waals surface area contributed by atoms with Crippen LogP contribution in [0.3, 0.4) is 0 Å². The van der Waals surface area contributed by atoms with Crippen LogP contribution >= 0.6 is 0 Å². The van der Waals surface area contributed by atoms with Crippen LogP contribution in [0.5, 0.6) is 5.75 Å². The van der Waals surface area contributed by atoms with Gasteiger partial charge in [0.15, 0.2) is 0 Å². The summed E-state index contributed by atoms with van der Waals surface area (Å²) in [5.41, 5.74) is -0.743. The molecule has 1 rings (SSSR count). The molecule has 120 valence electrons. The highest BCUT2D eigenvalue weighted by molar-refractivity contribution is 5.72. The lowest BCUT2D eigenvalue weighted by molar-refractivity contribution is -0.274. The van der Waals surface area contributed by atoms with E-state index in [-0.39, 0.29) is 12.0 Å². The number of ether oxygens (including phenoxy) is 2. The molecule has 22 heavy (non-hydrogen) atoms. The van der Waals surface area contributed by atoms with Gasteiger partial charge in [0.2, 0.25) is 0 Å². The number of carbonyl (C=O) groups is 1. The Kier molecular flexibility index (Phi) is 5.42. The second-order valence-electron chi connectivity index (χ2n) is 5.56. The minimum Gasteiger partial charge on any atom is -0.460 e. The highest BCUT2D eigenvalue weighted by Gasteiger charge is 2.33. The standard InChI is InChI=1S/C15H16F3NO3/c1-14(2,3)22-13(20)8-10(9-19)11-6-4-5-7-12(11)21-15(16,17)18/h4-7,10H,8H2,1-3H3. The fourth-order valence-electron chi connectivity index (χ4n) is 1.76. The molecule has 0 bridgehead atoms. The van der Waals surface area contributed by atoms with E-state index in [1.807, 2.05) is 6.07 Å². The monoisotopic (exact) mass is 315 g/mol. The van der Waals surface area contributed by atoms with Crippen LogP contribution in [0, 0.1) is 11.3 Å². The molecule has 0 amide bonds. The van der Waals surface area contributed by atoms with Gasteiger partial charge in [0.1, 0.15) is 11.4 Å². The lowest BCUT2D eigenvalue weighted by Gasteiger charge is -2.21. The molecule has 0 aliphatic rings. The molecule has 0 aromatic heterocycles. The summed E-state index contributed by atoms with van der Waals surface area (Å²) in [6, 6.07) is 7.06. The van der Waals surface area contributed by atoms with Crippen LogP contribution in [0.2, 0.25) is 0 Å². The van der Waals surface area contributed by atoms with Gasteiger partial charge in [-0.3, -0.25) is 4.79 Å². The number of hydrogen-bond acceptors (Lipinski definition) is 4. The summed E-state index contributed by atoms with van der Waals surface area (Å²) in [4.78, 5) is 11.8. The van der Waals surface area contributed by atoms with Crippen LogP contribution in [0.4, 0.5) is 13.2 Å². The Morgan fingerprint density at radius 1 is 1.27 bits per heavy atom. The van der Waals surface area contributed by atoms with Gasteiger partial charge in [0, 0.05) is 5.56 Å². The molecule has 0 radical (unpaired) electrons. The molecular weight excluding hydrogens is 299 g/mol. The van der Waals surface area contributed by atoms with Crippen molar-refractivity contribution in [2.45, 2.75) is 45.1 Å². The molecule has 0 N–H and O–H groups in total. The third-order valence-electron chi connectivity index (χ3n) is 2.47. The number of esters is 1. The Labute approximate surface area is 126 Å². The Balaban J connectivity index is 2.97. The normalized spacial score (nSPS) is 13.1. The van der Waals surface area contributed by atoms with Crippen molar-refractivity contribution in [1.82, 2.24) is 0 Å². The van der Waals surface area contributed by atoms with Crippen LogP contribution in [0.1, 0.15) is 38.7 Å². The summed E-state index contributed by atoms with van der Waals surface area (Å²) in [6.45, 7) is 4.98. The zero-order valence-corrected chi connectivity index (χ0v) is 12.4. The summed E-state index contributed by atoms with van der Waals surface area (Å²) in [5.74, 6) is -2.25. The molecule has 1 atom stereocenters. The first-order valence-corrected chi connectivity index (χ1v) is 6.48. The molecule has 1 unspecified atom stereocenters. The molecule has 0 heterocycles. The van der Waals surface area contributed by atoms with E-state index in [1.165, 1.54) is 18.2 Å². The summed E-state index contributed by atoms with van der Waals surface area (Å²) in [6.07, 6.45) is -5.23. The van der Waals surface area contributed by atoms with Crippen LogP contribution in [-0.2, 0) is 9.53 Å². The van der Waals surface area contributed by atoms with E-state index >= 15 is 0 Å². The van der Waals surface area contributed by atoms with Crippen molar-refractivity contribution < 1.29 is 27.4 Å². The van der Waals surface area contributed by atoms with Gasteiger partial charge < -0.3 is 9.47 Å². The average molecular weight is 315 g/mol. The largest absolute Gasteiger partial charge is 0.573 e. The Morgan fingerprint density at radius 2 is 1.86 bits per heavy atom. The summed E-state index contributed by atoms with van der Waals surface area (Å²) in [7, 11) is 0. The van der Waals surface area contributed by atoms with Crippen LogP contribution in [0.25, 0.3) is 0 Å². The predicted molar refractivity (Wildman–Crippen MR) is 71.9 cm³/mol. The van der Waals surface area contributed by atoms with E-state index < -0.39 is 29.6 Å². The SMILES string of the molecule is CC(C)(C)OC(=O)CC(C#N)c1ccccc1OC(F)(F)F. The summed E-state index contributed by atoms with van der Waals surface area (Å²) < 4.78 is 46.1. The van der Waals surface area contributed by atoms with Crippen molar-refractivity contribution in [3.63, 3.8) is 0 Å². The Hall–Kier alpha value is -2.23. The number of alkyl halides is 3. The average Bonchev–Trinajstić information content (AvgIpc) is 2.33. The zero-order chi connectivity index (χ0) is 17.0. The maximum atomic E-state index is 12.4. The lowest BCUT2D eigenvalue weighted by atomic mass is 9.96. The second-order valence-corrected chi connectivity index (χ2v) is 5.56. The third-order valence-corrected chi connectivity index (χ3v) is 2.47. The molecule has 0 saturated carbocycles. The van der Waals surface area contributed by atoms with Gasteiger partial charge in [0.05, 0.1) is 18.4 Å². The molecule has 0 fully saturated rings. The number of nitrogens with zero attached hydrogens (tertiary/aromatic N) is 1. The van der Waals surface area contributed by atoms with Crippen molar-refractivity contribution in [2.24, 2.45) is 0 Å². The smallest absolute Gasteiger partial charge is 0.460 e. The Bertz CT molecular complexity index is 571. The second kappa shape index (κ2) is 6.69. The zero-order valence-electron chi connectivity index (χ0n) is 12.4. The number of halogens is 3. The molecule has 0 aliphatic carbocycles. The summed E-state index contributed by atoms with van der Waals surface area (Å²) in [5, 5.41) is 9.15. The maximum Gasteiger partial charge on any atom is 0.573 e. The fourth-order valence-corrected chi connectivity index (χ4v) is 1.76. The third kappa shape index (κ3) is 6.04. The van der Waals surface area contributed by atoms with E-state index in [0.717, 1.165) is 6.07 Å². The van der Waals surface area contributed by atoms with E-state index in [0.29, 0.717) is 0 Å². The molecule has 7 heteroatoms. The van der Waals surface area contributed by atoms with Gasteiger partial charge in [-0.2, -0.15) is 5.26 Å². The van der Waals surface area contributed by atoms with Gasteiger partial charge in [-0.1, -0.05) is 18.2 Å². The molecule has 1 aromatic carbocycles. The van der Waals surface area contributed by atoms with Gasteiger partial charge in [-0.25, -0.2) is 0 Å². The maximum absolute atomic E-state index is 12.4. The van der Waals surface area contributed by atoms with Crippen LogP contribution in [-0.4, -0.2) is 17.9 Å². The fraction of sp³-hybridized carbons (Fsp3) is 0.467. The number of hydrogen-bond donors (Lipinski definition) is 0. The van der Waals surface area contributed by atoms with Gasteiger partial charge in [-0.05, 0) is 26.8 Å². The van der Waals surface area contributed by atoms with E-state index in [9.17, 15) is 18.0 Å². The molecule has 0 spiro atoms. The van der Waals surface area contributed by atoms with Crippen molar-refractivity contribution in [3.8, 4) is 11.8 Å². The minimum atomic E-state index is -4.87. The molecule has 0 aliphatic heterocycles. The molecule has 1 aromatic rings. The minimum absolute atomic E-state index is 0.00631. The lowest BCUT2D eigenvalue weighted by Crippen LogP contribution is -2.25. The highest BCUT2D eigenvalue weighted by atomic mass is 19.4. The number of nitriles is 1. The van der Waals surface area contributed by atoms with Crippen molar-refractivity contribution in [1.29, 1.82) is 5.26 Å². The van der Waals surface area contributed by atoms with E-state index in [1.54, 1.807) is 20.8 Å². The molecule has 0 saturated heterocycles. The van der Waals surface area contributed by atoms with E-state index in [2.05, 4.69) is 4.74 Å². The number of para-hydroxylation sites is 1. The predicted octanol–water partition coefficient (Wildman–Crippen LogP) is 3.92. The van der Waals surface area contributed by atoms with Crippen molar-refractivity contribution in [3.05, 3.63) is 29.8 Å². The molecule has 4 nitrogen and oxygen atoms in total. The first kappa shape index (κ1) is 17.8. The number of rotatable bonds is 4. The quantitative estimate of drug-likeness (QED) is 0.790. The molecular formula is C15H16F3NO3. The first-order chi connectivity index (χ1) is 10.0. The van der Waals surface area contributed by atoms with Crippen LogP contribution < -0.4 is 4.74 Å². The number of benzene rings is 1. The van der Waals surface area contributed by atoms with Crippen LogP contribution in [0.15, 0.2) is 24.3 Å². The van der Waals surface area contributed by atoms with Gasteiger partial charge in [-0.15, -0.1) is 13.2 Å². The topological polar surface area (TPSA) is 59.3 Å².